The van der Waals surface area contributed by atoms with E-state index in [4.69, 9.17) is 18.9 Å². The SMILES string of the molecule is Cc1ccc(OCCN(C)C)cc1C(=O)N[C@H](C)c1cc(-c2ccc(CN3CCOCC3)o2)nc2ccccc12. The summed E-state index contributed by atoms with van der Waals surface area (Å²) in [7, 11) is 4.01. The average molecular weight is 543 g/mol. The van der Waals surface area contributed by atoms with Crippen LogP contribution in [0, 0.1) is 6.92 Å². The van der Waals surface area contributed by atoms with Crippen molar-refractivity contribution in [2.45, 2.75) is 26.4 Å². The number of fused-ring (bicyclic) bond motifs is 1. The smallest absolute Gasteiger partial charge is 0.252 e. The van der Waals surface area contributed by atoms with Crippen molar-refractivity contribution in [3.8, 4) is 17.2 Å². The highest BCUT2D eigenvalue weighted by Gasteiger charge is 2.20. The number of nitrogens with one attached hydrogen (secondary N) is 1. The molecular formula is C32H38N4O4. The van der Waals surface area contributed by atoms with Crippen molar-refractivity contribution in [3.63, 3.8) is 0 Å². The number of aryl methyl sites for hydroxylation is 1. The Hall–Kier alpha value is -3.72. The van der Waals surface area contributed by atoms with Crippen LogP contribution in [-0.4, -0.2) is 74.2 Å². The summed E-state index contributed by atoms with van der Waals surface area (Å²) in [6.07, 6.45) is 0. The highest BCUT2D eigenvalue weighted by Crippen LogP contribution is 2.30. The Balaban J connectivity index is 1.37. The Bertz CT molecular complexity index is 1460. The Morgan fingerprint density at radius 3 is 2.70 bits per heavy atom. The van der Waals surface area contributed by atoms with Crippen molar-refractivity contribution in [2.24, 2.45) is 0 Å². The maximum absolute atomic E-state index is 13.4. The number of hydrogen-bond acceptors (Lipinski definition) is 7. The summed E-state index contributed by atoms with van der Waals surface area (Å²) in [4.78, 5) is 22.7. The van der Waals surface area contributed by atoms with E-state index >= 15 is 0 Å². The van der Waals surface area contributed by atoms with E-state index in [1.54, 1.807) is 0 Å². The van der Waals surface area contributed by atoms with Gasteiger partial charge in [0.2, 0.25) is 0 Å². The number of amides is 1. The molecular weight excluding hydrogens is 504 g/mol. The number of benzene rings is 2. The number of carbonyl (C=O) groups is 1. The van der Waals surface area contributed by atoms with Crippen LogP contribution < -0.4 is 10.1 Å². The van der Waals surface area contributed by atoms with Crippen molar-refractivity contribution < 1.29 is 18.7 Å². The van der Waals surface area contributed by atoms with Gasteiger partial charge in [-0.2, -0.15) is 0 Å². The van der Waals surface area contributed by atoms with E-state index in [-0.39, 0.29) is 11.9 Å². The molecule has 8 heteroatoms. The zero-order valence-electron chi connectivity index (χ0n) is 23.8. The van der Waals surface area contributed by atoms with Gasteiger partial charge in [0.05, 0.1) is 31.3 Å². The van der Waals surface area contributed by atoms with Crippen LogP contribution in [0.1, 0.15) is 40.2 Å². The third-order valence-corrected chi connectivity index (χ3v) is 7.22. The molecule has 8 nitrogen and oxygen atoms in total. The van der Waals surface area contributed by atoms with Crippen LogP contribution in [0.4, 0.5) is 0 Å². The molecule has 0 bridgehead atoms. The molecule has 1 aliphatic heterocycles. The summed E-state index contributed by atoms with van der Waals surface area (Å²) < 4.78 is 17.6. The van der Waals surface area contributed by atoms with Gasteiger partial charge in [0.1, 0.15) is 23.8 Å². The van der Waals surface area contributed by atoms with E-state index in [9.17, 15) is 4.79 Å². The number of likely N-dealkylation sites (N-methyl/N-ethyl adjacent to an activating group) is 1. The summed E-state index contributed by atoms with van der Waals surface area (Å²) in [6, 6.07) is 19.4. The standard InChI is InChI=1S/C32H38N4O4/c1-22-9-10-24(39-18-13-35(3)4)19-27(22)32(37)33-23(2)28-20-30(34-29-8-6-5-7-26(28)29)31-12-11-25(40-31)21-36-14-16-38-17-15-36/h5-12,19-20,23H,13-18,21H2,1-4H3,(H,33,37)/t23-/m1/s1. The van der Waals surface area contributed by atoms with Gasteiger partial charge < -0.3 is 24.1 Å². The second-order valence-electron chi connectivity index (χ2n) is 10.6. The quantitative estimate of drug-likeness (QED) is 0.300. The van der Waals surface area contributed by atoms with Crippen LogP contribution in [-0.2, 0) is 11.3 Å². The van der Waals surface area contributed by atoms with Gasteiger partial charge in [0.15, 0.2) is 5.76 Å². The van der Waals surface area contributed by atoms with E-state index in [1.165, 1.54) is 0 Å². The lowest BCUT2D eigenvalue weighted by atomic mass is 10.00. The number of ether oxygens (including phenoxy) is 2. The number of aromatic nitrogens is 1. The van der Waals surface area contributed by atoms with Crippen molar-refractivity contribution in [1.82, 2.24) is 20.1 Å². The molecule has 1 atom stereocenters. The van der Waals surface area contributed by atoms with E-state index in [2.05, 4.69) is 15.1 Å². The van der Waals surface area contributed by atoms with Crippen LogP contribution >= 0.6 is 0 Å². The molecule has 2 aromatic heterocycles. The first kappa shape index (κ1) is 27.8. The Kier molecular flexibility index (Phi) is 8.79. The van der Waals surface area contributed by atoms with Crippen LogP contribution in [0.3, 0.4) is 0 Å². The third kappa shape index (κ3) is 6.70. The summed E-state index contributed by atoms with van der Waals surface area (Å²) in [5.74, 6) is 2.16. The Labute approximate surface area is 235 Å². The second kappa shape index (κ2) is 12.6. The lowest BCUT2D eigenvalue weighted by Gasteiger charge is -2.25. The van der Waals surface area contributed by atoms with Crippen LogP contribution in [0.25, 0.3) is 22.4 Å². The van der Waals surface area contributed by atoms with Crippen LogP contribution in [0.5, 0.6) is 5.75 Å². The average Bonchev–Trinajstić information content (AvgIpc) is 3.42. The summed E-state index contributed by atoms with van der Waals surface area (Å²) in [5.41, 5.74) is 4.08. The topological polar surface area (TPSA) is 80.1 Å². The number of hydrogen-bond donors (Lipinski definition) is 1. The minimum Gasteiger partial charge on any atom is -0.492 e. The molecule has 5 rings (SSSR count). The fourth-order valence-corrected chi connectivity index (χ4v) is 4.90. The Morgan fingerprint density at radius 1 is 1.10 bits per heavy atom. The third-order valence-electron chi connectivity index (χ3n) is 7.22. The van der Waals surface area contributed by atoms with Crippen LogP contribution in [0.2, 0.25) is 0 Å². The first-order valence-corrected chi connectivity index (χ1v) is 13.9. The number of pyridine rings is 1. The minimum atomic E-state index is -0.264. The molecule has 1 aliphatic rings. The molecule has 0 aliphatic carbocycles. The number of furan rings is 1. The fourth-order valence-electron chi connectivity index (χ4n) is 4.90. The maximum Gasteiger partial charge on any atom is 0.252 e. The van der Waals surface area contributed by atoms with Crippen molar-refractivity contribution >= 4 is 16.8 Å². The van der Waals surface area contributed by atoms with Gasteiger partial charge in [-0.3, -0.25) is 9.69 Å². The minimum absolute atomic E-state index is 0.142. The zero-order chi connectivity index (χ0) is 28.1. The summed E-state index contributed by atoms with van der Waals surface area (Å²) in [5, 5.41) is 4.20. The van der Waals surface area contributed by atoms with E-state index in [1.807, 2.05) is 88.6 Å². The summed E-state index contributed by atoms with van der Waals surface area (Å²) >= 11 is 0. The molecule has 4 aromatic rings. The number of morpholine rings is 1. The number of nitrogens with zero attached hydrogens (tertiary/aromatic N) is 3. The maximum atomic E-state index is 13.4. The van der Waals surface area contributed by atoms with Gasteiger partial charge >= 0.3 is 0 Å². The lowest BCUT2D eigenvalue weighted by molar-refractivity contribution is 0.0314. The number of carbonyl (C=O) groups excluding carboxylic acids is 1. The highest BCUT2D eigenvalue weighted by molar-refractivity contribution is 5.96. The fraction of sp³-hybridized carbons (Fsp3) is 0.375. The lowest BCUT2D eigenvalue weighted by Crippen LogP contribution is -2.35. The number of para-hydroxylation sites is 1. The van der Waals surface area contributed by atoms with E-state index in [0.29, 0.717) is 23.7 Å². The van der Waals surface area contributed by atoms with Gasteiger partial charge in [-0.05, 0) is 75.5 Å². The normalized spacial score (nSPS) is 14.9. The molecule has 1 saturated heterocycles. The molecule has 210 valence electrons. The van der Waals surface area contributed by atoms with Gasteiger partial charge in [-0.25, -0.2) is 4.98 Å². The molecule has 0 spiro atoms. The molecule has 1 fully saturated rings. The van der Waals surface area contributed by atoms with Crippen molar-refractivity contribution in [1.29, 1.82) is 0 Å². The molecule has 2 aromatic carbocycles. The number of rotatable bonds is 10. The first-order chi connectivity index (χ1) is 19.4. The largest absolute Gasteiger partial charge is 0.492 e. The highest BCUT2D eigenvalue weighted by atomic mass is 16.5. The molecule has 0 unspecified atom stereocenters. The molecule has 1 amide bonds. The molecule has 40 heavy (non-hydrogen) atoms. The van der Waals surface area contributed by atoms with E-state index < -0.39 is 0 Å². The molecule has 0 radical (unpaired) electrons. The van der Waals surface area contributed by atoms with Gasteiger partial charge in [-0.15, -0.1) is 0 Å². The van der Waals surface area contributed by atoms with Gasteiger partial charge in [0, 0.05) is 30.6 Å². The van der Waals surface area contributed by atoms with E-state index in [0.717, 1.165) is 72.9 Å². The van der Waals surface area contributed by atoms with Gasteiger partial charge in [-0.1, -0.05) is 24.3 Å². The van der Waals surface area contributed by atoms with Gasteiger partial charge in [0.25, 0.3) is 5.91 Å². The second-order valence-corrected chi connectivity index (χ2v) is 10.6. The van der Waals surface area contributed by atoms with Crippen molar-refractivity contribution in [3.05, 3.63) is 83.1 Å². The predicted octanol–water partition coefficient (Wildman–Crippen LogP) is 5.07. The first-order valence-electron chi connectivity index (χ1n) is 13.9. The Morgan fingerprint density at radius 2 is 1.90 bits per heavy atom. The molecule has 1 N–H and O–H groups in total. The van der Waals surface area contributed by atoms with Crippen LogP contribution in [0.15, 0.2) is 65.1 Å². The molecule has 3 heterocycles. The zero-order valence-corrected chi connectivity index (χ0v) is 23.8. The monoisotopic (exact) mass is 542 g/mol. The predicted molar refractivity (Wildman–Crippen MR) is 157 cm³/mol. The summed E-state index contributed by atoms with van der Waals surface area (Å²) in [6.45, 7) is 9.34. The molecule has 0 saturated carbocycles. The van der Waals surface area contributed by atoms with Crippen molar-refractivity contribution in [2.75, 3.05) is 53.6 Å².